The van der Waals surface area contributed by atoms with Gasteiger partial charge in [0.1, 0.15) is 5.69 Å². The molecule has 3 aliphatic rings. The van der Waals surface area contributed by atoms with E-state index in [1.54, 1.807) is 22.7 Å². The number of imide groups is 1. The number of carbonyl (C=O) groups excluding carboxylic acids is 5. The van der Waals surface area contributed by atoms with Crippen molar-refractivity contribution < 1.29 is 33.8 Å². The van der Waals surface area contributed by atoms with Gasteiger partial charge in [-0.2, -0.15) is 0 Å². The van der Waals surface area contributed by atoms with E-state index in [4.69, 9.17) is 9.84 Å². The number of nitrogens with zero attached hydrogens (tertiary/aromatic N) is 5. The third-order valence-electron chi connectivity index (χ3n) is 10.2. The quantitative estimate of drug-likeness (QED) is 0.0976. The van der Waals surface area contributed by atoms with Gasteiger partial charge in [-0.05, 0) is 63.9 Å². The molecule has 2 bridgehead atoms. The minimum Gasteiger partial charge on any atom is -0.466 e. The number of ether oxygens (including phenoxy) is 1. The standard InChI is InChI=1S/C37H50N6O7/c1-4-50-36(49)37(2,3)22-29(25-11-7-5-8-12-25)43-24-28(39-40-43)23-41(19-16-30(45)38-17-20-44)31(46)13-9-6-10-18-42-34(47)32-26-14-15-27(21-26)33(32)35(42)48/h5,7-8,11-12,14-15,24,26-27,29,32-33,44H,4,6,9-10,13,16-23H2,1-3H3,(H,38,45)/t26-,27+,29?,32+,33-. The second-order valence-electron chi connectivity index (χ2n) is 14.2. The van der Waals surface area contributed by atoms with E-state index in [1.807, 2.05) is 44.2 Å². The Kier molecular flexibility index (Phi) is 12.2. The summed E-state index contributed by atoms with van der Waals surface area (Å²) >= 11 is 0. The monoisotopic (exact) mass is 690 g/mol. The Morgan fingerprint density at radius 2 is 1.74 bits per heavy atom. The van der Waals surface area contributed by atoms with Crippen LogP contribution < -0.4 is 5.32 Å². The van der Waals surface area contributed by atoms with Crippen LogP contribution in [-0.4, -0.2) is 92.3 Å². The van der Waals surface area contributed by atoms with Crippen LogP contribution in [0.2, 0.25) is 0 Å². The SMILES string of the molecule is CCOC(=O)C(C)(C)CC(c1ccccc1)n1cc(CN(CCC(=O)NCCO)C(=O)CCCCCN2C(=O)[C@@H]3[C@H](C2=O)[C@H]2C=C[C@@H]3C2)nn1. The van der Waals surface area contributed by atoms with Crippen molar-refractivity contribution in [1.29, 1.82) is 0 Å². The van der Waals surface area contributed by atoms with Crippen molar-refractivity contribution in [2.24, 2.45) is 29.1 Å². The molecule has 0 spiro atoms. The number of hydrogen-bond donors (Lipinski definition) is 2. The molecule has 1 saturated carbocycles. The molecule has 2 N–H and O–H groups in total. The molecule has 1 aromatic carbocycles. The van der Waals surface area contributed by atoms with Gasteiger partial charge in [0.25, 0.3) is 0 Å². The molecular formula is C37H50N6O7. The molecule has 0 radical (unpaired) electrons. The van der Waals surface area contributed by atoms with E-state index in [1.165, 1.54) is 4.90 Å². The summed E-state index contributed by atoms with van der Waals surface area (Å²) in [5.74, 6) is -0.869. The van der Waals surface area contributed by atoms with E-state index >= 15 is 0 Å². The summed E-state index contributed by atoms with van der Waals surface area (Å²) in [6, 6.07) is 9.37. The number of rotatable bonds is 19. The number of allylic oxidation sites excluding steroid dienone is 2. The summed E-state index contributed by atoms with van der Waals surface area (Å²) in [5.41, 5.74) is 0.668. The van der Waals surface area contributed by atoms with Crippen LogP contribution in [0.3, 0.4) is 0 Å². The molecule has 50 heavy (non-hydrogen) atoms. The fraction of sp³-hybridized carbons (Fsp3) is 0.595. The van der Waals surface area contributed by atoms with Gasteiger partial charge < -0.3 is 20.1 Å². The maximum absolute atomic E-state index is 13.5. The third-order valence-corrected chi connectivity index (χ3v) is 10.2. The summed E-state index contributed by atoms with van der Waals surface area (Å²) in [6.45, 7) is 6.34. The summed E-state index contributed by atoms with van der Waals surface area (Å²) in [7, 11) is 0. The van der Waals surface area contributed by atoms with E-state index in [2.05, 4.69) is 27.8 Å². The van der Waals surface area contributed by atoms with Crippen molar-refractivity contribution in [1.82, 2.24) is 30.1 Å². The molecule has 5 atom stereocenters. The second kappa shape index (κ2) is 16.5. The van der Waals surface area contributed by atoms with Crippen LogP contribution in [-0.2, 0) is 35.3 Å². The molecule has 1 saturated heterocycles. The van der Waals surface area contributed by atoms with E-state index in [-0.39, 0.29) is 105 Å². The lowest BCUT2D eigenvalue weighted by molar-refractivity contribution is -0.154. The smallest absolute Gasteiger partial charge is 0.311 e. The molecule has 13 nitrogen and oxygen atoms in total. The number of unbranched alkanes of at least 4 members (excludes halogenated alkanes) is 2. The minimum absolute atomic E-state index is 0.0504. The number of carbonyl (C=O) groups is 5. The largest absolute Gasteiger partial charge is 0.466 e. The Labute approximate surface area is 293 Å². The first-order valence-corrected chi connectivity index (χ1v) is 17.9. The van der Waals surface area contributed by atoms with Crippen LogP contribution in [0, 0.1) is 29.1 Å². The van der Waals surface area contributed by atoms with Gasteiger partial charge in [0, 0.05) is 32.5 Å². The molecule has 2 fully saturated rings. The first kappa shape index (κ1) is 36.9. The molecule has 2 aromatic rings. The number of aliphatic hydroxyl groups excluding tert-OH is 1. The van der Waals surface area contributed by atoms with Crippen molar-refractivity contribution >= 4 is 29.6 Å². The number of likely N-dealkylation sites (tertiary alicyclic amines) is 1. The van der Waals surface area contributed by atoms with Gasteiger partial charge >= 0.3 is 5.97 Å². The number of hydrogen-bond acceptors (Lipinski definition) is 9. The molecule has 2 heterocycles. The number of esters is 1. The van der Waals surface area contributed by atoms with Crippen LogP contribution in [0.4, 0.5) is 0 Å². The fourth-order valence-electron chi connectivity index (χ4n) is 7.54. The average molecular weight is 691 g/mol. The number of nitrogens with one attached hydrogen (secondary N) is 1. The molecule has 270 valence electrons. The third kappa shape index (κ3) is 8.48. The predicted molar refractivity (Wildman–Crippen MR) is 183 cm³/mol. The topological polar surface area (TPSA) is 164 Å². The number of amides is 4. The molecular weight excluding hydrogens is 640 g/mol. The maximum atomic E-state index is 13.5. The van der Waals surface area contributed by atoms with Crippen molar-refractivity contribution in [3.63, 3.8) is 0 Å². The normalized spacial score (nSPS) is 21.4. The molecule has 1 aromatic heterocycles. The van der Waals surface area contributed by atoms with Crippen molar-refractivity contribution in [2.75, 3.05) is 32.8 Å². The number of fused-ring (bicyclic) bond motifs is 5. The maximum Gasteiger partial charge on any atom is 0.311 e. The van der Waals surface area contributed by atoms with Gasteiger partial charge in [0.05, 0.1) is 49.2 Å². The van der Waals surface area contributed by atoms with Crippen LogP contribution in [0.15, 0.2) is 48.7 Å². The Morgan fingerprint density at radius 3 is 2.40 bits per heavy atom. The zero-order chi connectivity index (χ0) is 35.8. The summed E-state index contributed by atoms with van der Waals surface area (Å²) in [5, 5.41) is 20.5. The molecule has 2 aliphatic carbocycles. The Balaban J connectivity index is 1.20. The first-order chi connectivity index (χ1) is 24.0. The van der Waals surface area contributed by atoms with E-state index in [9.17, 15) is 24.0 Å². The van der Waals surface area contributed by atoms with Crippen LogP contribution in [0.5, 0.6) is 0 Å². The lowest BCUT2D eigenvalue weighted by atomic mass is 9.83. The minimum atomic E-state index is -0.808. The van der Waals surface area contributed by atoms with Crippen molar-refractivity contribution in [2.45, 2.75) is 78.3 Å². The van der Waals surface area contributed by atoms with Gasteiger partial charge in [-0.1, -0.05) is 54.1 Å². The highest BCUT2D eigenvalue weighted by Crippen LogP contribution is 2.52. The highest BCUT2D eigenvalue weighted by Gasteiger charge is 2.58. The lowest BCUT2D eigenvalue weighted by Crippen LogP contribution is -2.35. The Hall–Kier alpha value is -4.39. The fourth-order valence-corrected chi connectivity index (χ4v) is 7.54. The molecule has 4 amide bonds. The summed E-state index contributed by atoms with van der Waals surface area (Å²) in [4.78, 5) is 67.7. The highest BCUT2D eigenvalue weighted by atomic mass is 16.5. The second-order valence-corrected chi connectivity index (χ2v) is 14.2. The Morgan fingerprint density at radius 1 is 1.04 bits per heavy atom. The average Bonchev–Trinajstić information content (AvgIpc) is 3.90. The zero-order valence-corrected chi connectivity index (χ0v) is 29.3. The molecule has 1 unspecified atom stereocenters. The molecule has 13 heteroatoms. The van der Waals surface area contributed by atoms with E-state index < -0.39 is 5.41 Å². The van der Waals surface area contributed by atoms with Gasteiger partial charge in [-0.25, -0.2) is 4.68 Å². The van der Waals surface area contributed by atoms with Crippen LogP contribution >= 0.6 is 0 Å². The van der Waals surface area contributed by atoms with Crippen molar-refractivity contribution in [3.05, 3.63) is 59.9 Å². The zero-order valence-electron chi connectivity index (χ0n) is 29.3. The lowest BCUT2D eigenvalue weighted by Gasteiger charge is -2.28. The number of aliphatic hydroxyl groups is 1. The van der Waals surface area contributed by atoms with Crippen molar-refractivity contribution in [3.8, 4) is 0 Å². The van der Waals surface area contributed by atoms with Gasteiger partial charge in [0.2, 0.25) is 23.6 Å². The van der Waals surface area contributed by atoms with E-state index in [0.717, 1.165) is 12.0 Å². The summed E-state index contributed by atoms with van der Waals surface area (Å²) in [6.07, 6.45) is 9.38. The molecule has 5 rings (SSSR count). The van der Waals surface area contributed by atoms with Crippen LogP contribution in [0.25, 0.3) is 0 Å². The Bertz CT molecular complexity index is 1530. The van der Waals surface area contributed by atoms with Gasteiger partial charge in [0.15, 0.2) is 0 Å². The first-order valence-electron chi connectivity index (χ1n) is 17.9. The van der Waals surface area contributed by atoms with Gasteiger partial charge in [-0.3, -0.25) is 28.9 Å². The molecule has 1 aliphatic heterocycles. The summed E-state index contributed by atoms with van der Waals surface area (Å²) < 4.78 is 7.04. The van der Waals surface area contributed by atoms with Gasteiger partial charge in [-0.15, -0.1) is 5.10 Å². The van der Waals surface area contributed by atoms with Crippen LogP contribution in [0.1, 0.15) is 83.0 Å². The highest BCUT2D eigenvalue weighted by molar-refractivity contribution is 6.06. The number of benzene rings is 1. The van der Waals surface area contributed by atoms with E-state index in [0.29, 0.717) is 37.9 Å². The predicted octanol–water partition coefficient (Wildman–Crippen LogP) is 3.04. The number of aromatic nitrogens is 3.